The van der Waals surface area contributed by atoms with Crippen LogP contribution in [-0.4, -0.2) is 63.1 Å². The molecule has 0 fully saturated rings. The smallest absolute Gasteiger partial charge is 0.351 e. The predicted octanol–water partition coefficient (Wildman–Crippen LogP) is -0.124. The summed E-state index contributed by atoms with van der Waals surface area (Å²) in [6.07, 6.45) is 7.03. The Morgan fingerprint density at radius 1 is 1.14 bits per heavy atom. The number of carboxylic acid groups (broad SMARTS) is 3. The van der Waals surface area contributed by atoms with Crippen molar-refractivity contribution < 1.29 is 39.3 Å². The van der Waals surface area contributed by atoms with Gasteiger partial charge in [-0.2, -0.15) is 0 Å². The van der Waals surface area contributed by atoms with E-state index in [2.05, 4.69) is 10.3 Å². The van der Waals surface area contributed by atoms with Crippen molar-refractivity contribution in [3.63, 3.8) is 0 Å². The molecular weight excluding hydrogens is 372 g/mol. The largest absolute Gasteiger partial charge is 0.480 e. The standard InChI is InChI=1S/C18H16N2O8/c21-14-2-1-9(8-15(14)22)5-11(16(23)24)19-4-3-10-6-12(17(25)26)20-13(7-10)18(27)28/h1-4,6,8,11,13,20H,5,7H2,(H,23,24)(H,25,26)(H,27,28). The molecule has 0 amide bonds. The van der Waals surface area contributed by atoms with Gasteiger partial charge in [0, 0.05) is 19.1 Å². The molecule has 0 aromatic heterocycles. The van der Waals surface area contributed by atoms with E-state index >= 15 is 0 Å². The second-order valence-electron chi connectivity index (χ2n) is 5.98. The van der Waals surface area contributed by atoms with Gasteiger partial charge in [0.1, 0.15) is 11.7 Å². The van der Waals surface area contributed by atoms with Gasteiger partial charge < -0.3 is 20.6 Å². The van der Waals surface area contributed by atoms with Crippen LogP contribution in [0.15, 0.2) is 52.2 Å². The molecule has 10 nitrogen and oxygen atoms in total. The fraction of sp³-hybridized carbons (Fsp3) is 0.222. The number of ketones is 2. The first kappa shape index (κ1) is 20.5. The third kappa shape index (κ3) is 5.34. The van der Waals surface area contributed by atoms with Crippen LogP contribution in [0.2, 0.25) is 0 Å². The molecule has 0 bridgehead atoms. The number of nitrogens with one attached hydrogen (secondary N) is 1. The monoisotopic (exact) mass is 388 g/mol. The minimum absolute atomic E-state index is 0.0135. The second-order valence-corrected chi connectivity index (χ2v) is 5.98. The molecule has 28 heavy (non-hydrogen) atoms. The first-order chi connectivity index (χ1) is 13.2. The number of aliphatic imine (C=N–C) groups is 1. The van der Waals surface area contributed by atoms with Crippen LogP contribution in [-0.2, 0) is 24.0 Å². The Morgan fingerprint density at radius 2 is 1.86 bits per heavy atom. The molecule has 0 aromatic rings. The van der Waals surface area contributed by atoms with Crippen LogP contribution in [0.5, 0.6) is 0 Å². The van der Waals surface area contributed by atoms with E-state index in [0.717, 1.165) is 18.4 Å². The van der Waals surface area contributed by atoms with Gasteiger partial charge in [0.15, 0.2) is 6.04 Å². The molecule has 0 saturated carbocycles. The van der Waals surface area contributed by atoms with Gasteiger partial charge in [-0.05, 0) is 35.5 Å². The highest BCUT2D eigenvalue weighted by molar-refractivity contribution is 6.46. The van der Waals surface area contributed by atoms with E-state index < -0.39 is 41.6 Å². The van der Waals surface area contributed by atoms with E-state index in [1.165, 1.54) is 18.2 Å². The Balaban J connectivity index is 2.16. The van der Waals surface area contributed by atoms with E-state index in [4.69, 9.17) is 10.2 Å². The SMILES string of the molecule is O=C(O)C1=CC(=CC=NC(CC2=CC(=O)C(=O)C=C2)C(=O)O)CC(C(=O)O)N1. The Bertz CT molecular complexity index is 891. The second kappa shape index (κ2) is 8.71. The lowest BCUT2D eigenvalue weighted by molar-refractivity contribution is -0.140. The van der Waals surface area contributed by atoms with Gasteiger partial charge in [-0.3, -0.25) is 14.6 Å². The minimum atomic E-state index is -1.33. The van der Waals surface area contributed by atoms with Crippen molar-refractivity contribution >= 4 is 35.7 Å². The van der Waals surface area contributed by atoms with Crippen LogP contribution in [0.4, 0.5) is 0 Å². The van der Waals surface area contributed by atoms with Crippen molar-refractivity contribution in [3.05, 3.63) is 47.2 Å². The first-order valence-electron chi connectivity index (χ1n) is 8.03. The first-order valence-corrected chi connectivity index (χ1v) is 8.03. The zero-order valence-electron chi connectivity index (χ0n) is 14.4. The molecule has 0 saturated heterocycles. The number of hydrogen-bond donors (Lipinski definition) is 4. The van der Waals surface area contributed by atoms with E-state index in [0.29, 0.717) is 11.1 Å². The summed E-state index contributed by atoms with van der Waals surface area (Å²) in [5.74, 6) is -5.25. The molecule has 2 unspecified atom stereocenters. The highest BCUT2D eigenvalue weighted by atomic mass is 16.4. The molecule has 1 aliphatic heterocycles. The summed E-state index contributed by atoms with van der Waals surface area (Å²) >= 11 is 0. The van der Waals surface area contributed by atoms with Gasteiger partial charge in [-0.15, -0.1) is 0 Å². The van der Waals surface area contributed by atoms with Gasteiger partial charge in [0.05, 0.1) is 0 Å². The Hall–Kier alpha value is -3.82. The average molecular weight is 388 g/mol. The number of nitrogens with zero attached hydrogens (tertiary/aromatic N) is 1. The van der Waals surface area contributed by atoms with Gasteiger partial charge in [0.2, 0.25) is 11.6 Å². The molecule has 1 heterocycles. The highest BCUT2D eigenvalue weighted by Crippen LogP contribution is 2.17. The molecule has 2 aliphatic rings. The van der Waals surface area contributed by atoms with E-state index in [1.807, 2.05) is 0 Å². The molecule has 1 aliphatic carbocycles. The van der Waals surface area contributed by atoms with Crippen molar-refractivity contribution in [2.24, 2.45) is 4.99 Å². The molecule has 4 N–H and O–H groups in total. The highest BCUT2D eigenvalue weighted by Gasteiger charge is 2.26. The van der Waals surface area contributed by atoms with Crippen molar-refractivity contribution in [2.75, 3.05) is 0 Å². The maximum atomic E-state index is 11.4. The lowest BCUT2D eigenvalue weighted by Gasteiger charge is -2.21. The van der Waals surface area contributed by atoms with Crippen LogP contribution < -0.4 is 5.32 Å². The number of hydrogen-bond acceptors (Lipinski definition) is 7. The lowest BCUT2D eigenvalue weighted by atomic mass is 9.99. The molecule has 0 spiro atoms. The number of carbonyl (C=O) groups is 5. The number of carbonyl (C=O) groups excluding carboxylic acids is 2. The molecule has 2 atom stereocenters. The van der Waals surface area contributed by atoms with Crippen molar-refractivity contribution in [3.8, 4) is 0 Å². The lowest BCUT2D eigenvalue weighted by Crippen LogP contribution is -2.41. The summed E-state index contributed by atoms with van der Waals surface area (Å²) in [6, 6.07) is -2.37. The van der Waals surface area contributed by atoms with Crippen LogP contribution in [0.3, 0.4) is 0 Å². The molecular formula is C18H16N2O8. The topological polar surface area (TPSA) is 170 Å². The Labute approximate surface area is 158 Å². The predicted molar refractivity (Wildman–Crippen MR) is 94.7 cm³/mol. The Morgan fingerprint density at radius 3 is 2.43 bits per heavy atom. The third-order valence-electron chi connectivity index (χ3n) is 3.90. The average Bonchev–Trinajstić information content (AvgIpc) is 2.63. The van der Waals surface area contributed by atoms with Crippen molar-refractivity contribution in [1.29, 1.82) is 0 Å². The summed E-state index contributed by atoms with van der Waals surface area (Å²) < 4.78 is 0. The summed E-state index contributed by atoms with van der Waals surface area (Å²) in [5, 5.41) is 29.8. The summed E-state index contributed by atoms with van der Waals surface area (Å²) in [7, 11) is 0. The molecule has 2 rings (SSSR count). The van der Waals surface area contributed by atoms with Crippen LogP contribution in [0.25, 0.3) is 0 Å². The number of carboxylic acids is 3. The van der Waals surface area contributed by atoms with Gasteiger partial charge in [0.25, 0.3) is 0 Å². The third-order valence-corrected chi connectivity index (χ3v) is 3.90. The quantitative estimate of drug-likeness (QED) is 0.263. The summed E-state index contributed by atoms with van der Waals surface area (Å²) in [4.78, 5) is 60.0. The summed E-state index contributed by atoms with van der Waals surface area (Å²) in [6.45, 7) is 0. The summed E-state index contributed by atoms with van der Waals surface area (Å²) in [5.41, 5.74) is 0.380. The Kier molecular flexibility index (Phi) is 6.38. The number of rotatable bonds is 7. The fourth-order valence-electron chi connectivity index (χ4n) is 2.50. The van der Waals surface area contributed by atoms with Crippen molar-refractivity contribution in [1.82, 2.24) is 5.32 Å². The molecule has 0 radical (unpaired) electrons. The van der Waals surface area contributed by atoms with Crippen LogP contribution in [0, 0.1) is 0 Å². The van der Waals surface area contributed by atoms with Crippen LogP contribution in [0.1, 0.15) is 12.8 Å². The number of allylic oxidation sites excluding steroid dienone is 5. The van der Waals surface area contributed by atoms with E-state index in [-0.39, 0.29) is 18.5 Å². The van der Waals surface area contributed by atoms with Crippen molar-refractivity contribution in [2.45, 2.75) is 24.9 Å². The zero-order valence-corrected chi connectivity index (χ0v) is 14.4. The molecule has 0 aromatic carbocycles. The molecule has 10 heteroatoms. The fourth-order valence-corrected chi connectivity index (χ4v) is 2.50. The zero-order chi connectivity index (χ0) is 20.8. The van der Waals surface area contributed by atoms with E-state index in [9.17, 15) is 29.1 Å². The van der Waals surface area contributed by atoms with Gasteiger partial charge >= 0.3 is 17.9 Å². The molecule has 146 valence electrons. The maximum Gasteiger partial charge on any atom is 0.351 e. The van der Waals surface area contributed by atoms with E-state index in [1.54, 1.807) is 0 Å². The normalized spacial score (nSPS) is 21.9. The van der Waals surface area contributed by atoms with Gasteiger partial charge in [-0.25, -0.2) is 14.4 Å². The number of aliphatic carboxylic acids is 3. The minimum Gasteiger partial charge on any atom is -0.480 e. The van der Waals surface area contributed by atoms with Crippen LogP contribution >= 0.6 is 0 Å². The maximum absolute atomic E-state index is 11.4. The van der Waals surface area contributed by atoms with Gasteiger partial charge in [-0.1, -0.05) is 6.08 Å².